The molecule has 10 N–H and O–H groups in total. The van der Waals surface area contributed by atoms with E-state index in [0.29, 0.717) is 70.9 Å². The second-order valence-corrected chi connectivity index (χ2v) is 26.7. The summed E-state index contributed by atoms with van der Waals surface area (Å²) in [5.41, 5.74) is 14.5. The average Bonchev–Trinajstić information content (AvgIpc) is 2.50. The maximum atomic E-state index is 15.1. The Morgan fingerprint density at radius 3 is 2.03 bits per heavy atom. The number of hydrogen-bond donors (Lipinski definition) is 8. The summed E-state index contributed by atoms with van der Waals surface area (Å²) in [5.74, 6) is -5.59. The fourth-order valence-corrected chi connectivity index (χ4v) is 15.6. The topological polar surface area (TPSA) is 345 Å². The number of primary amides is 2. The zero-order chi connectivity index (χ0) is 61.0. The Labute approximate surface area is 521 Å². The number of aliphatic hydroxyl groups excluding tert-OH is 2. The van der Waals surface area contributed by atoms with Gasteiger partial charge in [-0.3, -0.25) is 28.8 Å². The second kappa shape index (κ2) is 26.6. The minimum Gasteiger partial charge on any atom is -0.508 e. The molecule has 5 amide bonds. The van der Waals surface area contributed by atoms with Gasteiger partial charge in [-0.1, -0.05) is 55.8 Å². The number of thiazole rings is 6. The smallest absolute Gasteiger partial charge is 0.271 e. The molecule has 7 aromatic heterocycles. The van der Waals surface area contributed by atoms with Crippen LogP contribution >= 0.6 is 68.0 Å². The highest BCUT2D eigenvalue weighted by atomic mass is 32.1. The molecule has 1 saturated heterocycles. The number of pyridine rings is 1. The van der Waals surface area contributed by atoms with Gasteiger partial charge in [-0.15, -0.1) is 68.0 Å². The number of phenolic OH excluding ortho intramolecular Hbond substituents is 1. The van der Waals surface area contributed by atoms with Crippen LogP contribution < -0.4 is 27.4 Å². The molecule has 1 fully saturated rings. The first-order valence-corrected chi connectivity index (χ1v) is 32.9. The van der Waals surface area contributed by atoms with Crippen LogP contribution in [0.25, 0.3) is 43.4 Å². The number of ketones is 1. The van der Waals surface area contributed by atoms with Gasteiger partial charge in [-0.05, 0) is 68.2 Å². The van der Waals surface area contributed by atoms with E-state index in [1.807, 2.05) is 12.3 Å². The number of phenols is 1. The summed E-state index contributed by atoms with van der Waals surface area (Å²) in [6.45, 7) is 5.50. The normalized spacial score (nSPS) is 19.1. The molecule has 0 radical (unpaired) electrons. The average molecular weight is 1280 g/mol. The van der Waals surface area contributed by atoms with E-state index in [2.05, 4.69) is 30.8 Å². The number of piperidine rings is 1. The molecule has 22 nitrogen and oxygen atoms in total. The Bertz CT molecular complexity index is 4000. The van der Waals surface area contributed by atoms with Crippen LogP contribution in [0.3, 0.4) is 0 Å². The van der Waals surface area contributed by atoms with Crippen LogP contribution in [0.15, 0.2) is 93.6 Å². The number of carbonyl (C=O) groups is 6. The standard InChI is InChI=1S/C59H57N13O9S6/c1-28(44(75)22-72-17-7-4-8-18-72)46-59-69-42(27-86-59)57-65-38(23-84-57)48-33(15-16-35(62-48)56-66-39(24-85-56)50(61)78)54-67-41(25-82-54)53(81)64-37(21-45(60)76)58-71-47(29(2)87-58)43(74)20-34(49(77)31-9-5-3-6-10-31)55-68-40(26-83-55)52(80)63-36(51(79)70-46)19-30-11-13-32(73)14-12-30/h3,5-6,9-16,23-28,34,36-37,44,46,49,73,75,77H,4,7-8,17-22H2,1-2H3,(H2,60,76)(H2,61,78)(H,63,80)(H,64,81)(H,70,79)/t28-,34-,36-,37-,44-,46-,49+/m0/s1. The van der Waals surface area contributed by atoms with Crippen LogP contribution in [0, 0.1) is 12.8 Å². The molecule has 9 heterocycles. The van der Waals surface area contributed by atoms with Gasteiger partial charge in [0.1, 0.15) is 76.7 Å². The monoisotopic (exact) mass is 1280 g/mol. The Kier molecular flexibility index (Phi) is 18.6. The number of hydrogen-bond acceptors (Lipinski definition) is 23. The van der Waals surface area contributed by atoms with Gasteiger partial charge >= 0.3 is 0 Å². The highest BCUT2D eigenvalue weighted by molar-refractivity contribution is 7.15. The van der Waals surface area contributed by atoms with Crippen LogP contribution in [-0.4, -0.2) is 122 Å². The van der Waals surface area contributed by atoms with Gasteiger partial charge in [0.15, 0.2) is 5.78 Å². The predicted molar refractivity (Wildman–Crippen MR) is 333 cm³/mol. The summed E-state index contributed by atoms with van der Waals surface area (Å²) in [6, 6.07) is 15.1. The van der Waals surface area contributed by atoms with Crippen molar-refractivity contribution in [2.75, 3.05) is 19.6 Å². The molecule has 7 atom stereocenters. The van der Waals surface area contributed by atoms with Gasteiger partial charge < -0.3 is 47.6 Å². The number of β-amino-alcohol motifs (C(OH)–C–C–N with tert-alkyl or cyclic N) is 1. The lowest BCUT2D eigenvalue weighted by Crippen LogP contribution is -2.51. The van der Waals surface area contributed by atoms with E-state index in [0.717, 1.165) is 66.4 Å². The zero-order valence-electron chi connectivity index (χ0n) is 46.6. The third-order valence-corrected chi connectivity index (χ3v) is 20.6. The van der Waals surface area contributed by atoms with E-state index >= 15 is 4.79 Å². The van der Waals surface area contributed by atoms with E-state index in [9.17, 15) is 39.3 Å². The number of aryl methyl sites for hydroxylation is 1. The second-order valence-electron chi connectivity index (χ2n) is 21.1. The molecule has 2 aliphatic rings. The Hall–Kier alpha value is -7.93. The highest BCUT2D eigenvalue weighted by Gasteiger charge is 2.36. The minimum atomic E-state index is -1.30. The lowest BCUT2D eigenvalue weighted by Gasteiger charge is -2.34. The van der Waals surface area contributed by atoms with Crippen molar-refractivity contribution >= 4 is 103 Å². The molecule has 2 aliphatic heterocycles. The van der Waals surface area contributed by atoms with Gasteiger partial charge in [0.25, 0.3) is 17.7 Å². The number of aliphatic hydroxyl groups is 2. The number of carbonyl (C=O) groups excluding carboxylic acids is 6. The van der Waals surface area contributed by atoms with Crippen molar-refractivity contribution in [3.05, 3.63) is 147 Å². The first-order valence-electron chi connectivity index (χ1n) is 27.6. The van der Waals surface area contributed by atoms with E-state index in [-0.39, 0.29) is 57.8 Å². The largest absolute Gasteiger partial charge is 0.508 e. The van der Waals surface area contributed by atoms with Gasteiger partial charge in [-0.2, -0.15) is 0 Å². The molecule has 0 spiro atoms. The summed E-state index contributed by atoms with van der Waals surface area (Å²) in [6.07, 6.45) is 0.107. The minimum absolute atomic E-state index is 0.00275. The summed E-state index contributed by atoms with van der Waals surface area (Å²) < 4.78 is 0. The number of benzene rings is 2. The Morgan fingerprint density at radius 2 is 1.30 bits per heavy atom. The number of rotatable bonds is 12. The number of nitrogens with one attached hydrogen (secondary N) is 3. The van der Waals surface area contributed by atoms with E-state index < -0.39 is 77.5 Å². The maximum Gasteiger partial charge on any atom is 0.271 e. The third-order valence-electron chi connectivity index (χ3n) is 15.0. The predicted octanol–water partition coefficient (Wildman–Crippen LogP) is 8.03. The maximum absolute atomic E-state index is 15.1. The van der Waals surface area contributed by atoms with Crippen molar-refractivity contribution in [3.8, 4) is 49.1 Å². The molecular formula is C59H57N13O9S6. The van der Waals surface area contributed by atoms with Crippen molar-refractivity contribution in [1.29, 1.82) is 0 Å². The van der Waals surface area contributed by atoms with E-state index in [1.54, 1.807) is 72.3 Å². The molecule has 0 unspecified atom stereocenters. The van der Waals surface area contributed by atoms with Crippen LogP contribution in [0.5, 0.6) is 5.75 Å². The number of fused-ring (bicyclic) bond motifs is 14. The summed E-state index contributed by atoms with van der Waals surface area (Å²) in [4.78, 5) is 120. The van der Waals surface area contributed by atoms with E-state index in [1.165, 1.54) is 56.9 Å². The molecule has 0 saturated carbocycles. The molecule has 11 rings (SSSR count). The molecule has 448 valence electrons. The first kappa shape index (κ1) is 60.7. The fourth-order valence-electron chi connectivity index (χ4n) is 10.3. The van der Waals surface area contributed by atoms with E-state index in [4.69, 9.17) is 36.4 Å². The van der Waals surface area contributed by atoms with Crippen molar-refractivity contribution in [3.63, 3.8) is 0 Å². The van der Waals surface area contributed by atoms with Gasteiger partial charge in [0.05, 0.1) is 41.4 Å². The number of Topliss-reactive ketones (excluding diaryl/α,β-unsaturated/α-hetero) is 1. The number of amides is 5. The van der Waals surface area contributed by atoms with Crippen molar-refractivity contribution < 1.29 is 44.1 Å². The van der Waals surface area contributed by atoms with Crippen molar-refractivity contribution in [2.45, 2.75) is 88.6 Å². The highest BCUT2D eigenvalue weighted by Crippen LogP contribution is 2.41. The van der Waals surface area contributed by atoms with Gasteiger partial charge in [0.2, 0.25) is 11.8 Å². The number of likely N-dealkylation sites (tertiary alicyclic amines) is 1. The fraction of sp³-hybridized carbons (Fsp3) is 0.305. The summed E-state index contributed by atoms with van der Waals surface area (Å²) in [7, 11) is 0. The Morgan fingerprint density at radius 1 is 0.655 bits per heavy atom. The van der Waals surface area contributed by atoms with Crippen LogP contribution in [-0.2, 0) is 16.0 Å². The number of nitrogens with zero attached hydrogens (tertiary/aromatic N) is 8. The molecule has 0 aliphatic carbocycles. The van der Waals surface area contributed by atoms with Crippen molar-refractivity contribution in [2.24, 2.45) is 17.4 Å². The molecule has 87 heavy (non-hydrogen) atoms. The SMILES string of the molecule is Cc1sc2nc1C(=O)C[C@@H]([C@H](O)c1ccccc1)c1nc(cs1)C(=O)N[C@@H](Cc1ccc(O)cc1)C(=O)N[C@@H]([C@@H](C)[C@@H](O)CN1CCCCC1)c1nc(cs1)-c1nc(cs1)-c1nc(-c3nc(C(N)=O)cs3)ccc1-c1nc(cs1)C(=O)N[C@H]2CC(N)=O. The van der Waals surface area contributed by atoms with Gasteiger partial charge in [0, 0.05) is 68.6 Å². The number of aromatic nitrogens is 7. The van der Waals surface area contributed by atoms with Crippen LogP contribution in [0.4, 0.5) is 0 Å². The number of aromatic hydroxyl groups is 1. The molecule has 28 heteroatoms. The first-order chi connectivity index (χ1) is 41.9. The lowest BCUT2D eigenvalue weighted by molar-refractivity contribution is -0.124. The molecular weight excluding hydrogens is 1230 g/mol. The van der Waals surface area contributed by atoms with Gasteiger partial charge in [-0.25, -0.2) is 34.9 Å². The summed E-state index contributed by atoms with van der Waals surface area (Å²) >= 11 is 7.00. The van der Waals surface area contributed by atoms with Crippen LogP contribution in [0.2, 0.25) is 0 Å². The molecule has 2 aromatic carbocycles. The summed E-state index contributed by atoms with van der Waals surface area (Å²) in [5, 5.41) is 53.6. The lowest BCUT2D eigenvalue weighted by atomic mass is 9.90. The quantitative estimate of drug-likeness (QED) is 0.0573. The van der Waals surface area contributed by atoms with Crippen LogP contribution in [0.1, 0.15) is 136 Å². The molecule has 10 bridgehead atoms. The zero-order valence-corrected chi connectivity index (χ0v) is 51.5. The number of nitrogens with two attached hydrogens (primary N) is 2. The van der Waals surface area contributed by atoms with Crippen molar-refractivity contribution in [1.82, 2.24) is 55.7 Å². The molecule has 9 aromatic rings. The Balaban J connectivity index is 1.02. The third kappa shape index (κ3) is 13.9.